The van der Waals surface area contributed by atoms with Crippen molar-refractivity contribution in [1.82, 2.24) is 14.8 Å². The zero-order valence-electron chi connectivity index (χ0n) is 18.8. The summed E-state index contributed by atoms with van der Waals surface area (Å²) in [5.74, 6) is 2.09. The Morgan fingerprint density at radius 3 is 2.56 bits per heavy atom. The zero-order chi connectivity index (χ0) is 23.3. The number of aryl methyl sites for hydroxylation is 2. The SMILES string of the molecule is CCn1c(SCC(=O)Nc2ccccc2OC)nnc1C(C)Oc1cc(C)c(Cl)c(C)c1. The van der Waals surface area contributed by atoms with E-state index in [0.717, 1.165) is 21.9 Å². The molecular formula is C23H27ClN4O3S. The molecule has 0 bridgehead atoms. The number of amides is 1. The van der Waals surface area contributed by atoms with Crippen LogP contribution in [-0.4, -0.2) is 33.5 Å². The molecule has 0 fully saturated rings. The van der Waals surface area contributed by atoms with Crippen molar-refractivity contribution in [2.24, 2.45) is 0 Å². The number of anilines is 1. The number of carbonyl (C=O) groups excluding carboxylic acids is 1. The van der Waals surface area contributed by atoms with Gasteiger partial charge in [0.2, 0.25) is 5.91 Å². The number of hydrogen-bond donors (Lipinski definition) is 1. The number of ether oxygens (including phenoxy) is 2. The lowest BCUT2D eigenvalue weighted by molar-refractivity contribution is -0.113. The highest BCUT2D eigenvalue weighted by Crippen LogP contribution is 2.30. The molecule has 1 atom stereocenters. The summed E-state index contributed by atoms with van der Waals surface area (Å²) in [5.41, 5.74) is 2.56. The molecule has 0 saturated heterocycles. The maximum absolute atomic E-state index is 12.4. The van der Waals surface area contributed by atoms with Crippen molar-refractivity contribution in [3.8, 4) is 11.5 Å². The number of thioether (sulfide) groups is 1. The summed E-state index contributed by atoms with van der Waals surface area (Å²) in [6, 6.07) is 11.1. The molecule has 1 unspecified atom stereocenters. The second-order valence-corrected chi connectivity index (χ2v) is 8.57. The van der Waals surface area contributed by atoms with Gasteiger partial charge in [-0.3, -0.25) is 4.79 Å². The van der Waals surface area contributed by atoms with Crippen LogP contribution < -0.4 is 14.8 Å². The molecule has 1 N–H and O–H groups in total. The number of nitrogens with zero attached hydrogens (tertiary/aromatic N) is 3. The summed E-state index contributed by atoms with van der Waals surface area (Å²) >= 11 is 7.59. The lowest BCUT2D eigenvalue weighted by Crippen LogP contribution is -2.16. The van der Waals surface area contributed by atoms with Gasteiger partial charge in [0, 0.05) is 11.6 Å². The monoisotopic (exact) mass is 474 g/mol. The molecule has 0 aliphatic heterocycles. The van der Waals surface area contributed by atoms with E-state index in [9.17, 15) is 4.79 Å². The number of carbonyl (C=O) groups is 1. The zero-order valence-corrected chi connectivity index (χ0v) is 20.4. The number of aromatic nitrogens is 3. The minimum absolute atomic E-state index is 0.150. The number of nitrogens with one attached hydrogen (secondary N) is 1. The maximum Gasteiger partial charge on any atom is 0.234 e. The lowest BCUT2D eigenvalue weighted by atomic mass is 10.1. The van der Waals surface area contributed by atoms with E-state index in [1.165, 1.54) is 11.8 Å². The average molecular weight is 475 g/mol. The highest BCUT2D eigenvalue weighted by molar-refractivity contribution is 7.99. The Morgan fingerprint density at radius 1 is 1.22 bits per heavy atom. The molecule has 1 heterocycles. The van der Waals surface area contributed by atoms with Gasteiger partial charge in [-0.25, -0.2) is 0 Å². The van der Waals surface area contributed by atoms with Crippen molar-refractivity contribution >= 4 is 35.0 Å². The number of benzene rings is 2. The Morgan fingerprint density at radius 2 is 1.91 bits per heavy atom. The number of methoxy groups -OCH3 is 1. The molecule has 2 aromatic carbocycles. The highest BCUT2D eigenvalue weighted by Gasteiger charge is 2.20. The van der Waals surface area contributed by atoms with Gasteiger partial charge in [-0.15, -0.1) is 10.2 Å². The summed E-state index contributed by atoms with van der Waals surface area (Å²) < 4.78 is 13.4. The highest BCUT2D eigenvalue weighted by atomic mass is 35.5. The summed E-state index contributed by atoms with van der Waals surface area (Å²) in [5, 5.41) is 12.9. The fourth-order valence-electron chi connectivity index (χ4n) is 3.30. The van der Waals surface area contributed by atoms with Gasteiger partial charge < -0.3 is 19.4 Å². The molecule has 1 amide bonds. The van der Waals surface area contributed by atoms with E-state index in [-0.39, 0.29) is 17.8 Å². The molecule has 7 nitrogen and oxygen atoms in total. The van der Waals surface area contributed by atoms with Crippen LogP contribution in [0.25, 0.3) is 0 Å². The summed E-state index contributed by atoms with van der Waals surface area (Å²) in [7, 11) is 1.57. The second kappa shape index (κ2) is 10.7. The molecule has 170 valence electrons. The predicted molar refractivity (Wildman–Crippen MR) is 128 cm³/mol. The third-order valence-electron chi connectivity index (χ3n) is 4.86. The van der Waals surface area contributed by atoms with Crippen molar-refractivity contribution in [3.05, 3.63) is 58.4 Å². The van der Waals surface area contributed by atoms with E-state index < -0.39 is 0 Å². The number of rotatable bonds is 9. The van der Waals surface area contributed by atoms with Gasteiger partial charge >= 0.3 is 0 Å². The van der Waals surface area contributed by atoms with E-state index in [4.69, 9.17) is 21.1 Å². The maximum atomic E-state index is 12.4. The standard InChI is InChI=1S/C23H27ClN4O3S/c1-6-28-22(16(4)31-17-11-14(2)21(24)15(3)12-17)26-27-23(28)32-13-20(29)25-18-9-7-8-10-19(18)30-5/h7-12,16H,6,13H2,1-5H3,(H,25,29). The Kier molecular flexibility index (Phi) is 8.04. The van der Waals surface area contributed by atoms with Crippen LogP contribution in [0.2, 0.25) is 5.02 Å². The van der Waals surface area contributed by atoms with Crippen molar-refractivity contribution in [1.29, 1.82) is 0 Å². The molecule has 9 heteroatoms. The smallest absolute Gasteiger partial charge is 0.234 e. The Balaban J connectivity index is 1.67. The van der Waals surface area contributed by atoms with Gasteiger partial charge in [0.15, 0.2) is 17.1 Å². The first-order valence-corrected chi connectivity index (χ1v) is 11.6. The molecule has 1 aromatic heterocycles. The van der Waals surface area contributed by atoms with Crippen LogP contribution in [0.1, 0.15) is 36.9 Å². The first kappa shape index (κ1) is 23.9. The fourth-order valence-corrected chi connectivity index (χ4v) is 4.22. The minimum Gasteiger partial charge on any atom is -0.495 e. The molecule has 0 aliphatic rings. The van der Waals surface area contributed by atoms with Crippen LogP contribution in [0.4, 0.5) is 5.69 Å². The van der Waals surface area contributed by atoms with Crippen molar-refractivity contribution < 1.29 is 14.3 Å². The topological polar surface area (TPSA) is 78.3 Å². The molecule has 3 aromatic rings. The van der Waals surface area contributed by atoms with E-state index in [1.807, 2.05) is 56.5 Å². The fraction of sp³-hybridized carbons (Fsp3) is 0.348. The van der Waals surface area contributed by atoms with Crippen LogP contribution >= 0.6 is 23.4 Å². The molecule has 0 spiro atoms. The van der Waals surface area contributed by atoms with Gasteiger partial charge in [0.25, 0.3) is 0 Å². The third-order valence-corrected chi connectivity index (χ3v) is 6.42. The van der Waals surface area contributed by atoms with Gasteiger partial charge in [-0.2, -0.15) is 0 Å². The van der Waals surface area contributed by atoms with Crippen molar-refractivity contribution in [2.45, 2.75) is 45.5 Å². The molecule has 0 aliphatic carbocycles. The quantitative estimate of drug-likeness (QED) is 0.415. The first-order valence-electron chi connectivity index (χ1n) is 10.3. The average Bonchev–Trinajstić information content (AvgIpc) is 3.19. The Bertz CT molecular complexity index is 1080. The van der Waals surface area contributed by atoms with Gasteiger partial charge in [0.05, 0.1) is 18.6 Å². The molecule has 0 saturated carbocycles. The second-order valence-electron chi connectivity index (χ2n) is 7.25. The number of para-hydroxylation sites is 2. The van der Waals surface area contributed by atoms with Crippen molar-refractivity contribution in [2.75, 3.05) is 18.2 Å². The largest absolute Gasteiger partial charge is 0.495 e. The predicted octanol–water partition coefficient (Wildman–Crippen LogP) is 5.45. The van der Waals surface area contributed by atoms with Crippen LogP contribution in [0.15, 0.2) is 41.6 Å². The van der Waals surface area contributed by atoms with Crippen LogP contribution in [-0.2, 0) is 11.3 Å². The van der Waals surface area contributed by atoms with E-state index in [1.54, 1.807) is 19.2 Å². The van der Waals surface area contributed by atoms with E-state index in [0.29, 0.717) is 29.0 Å². The van der Waals surface area contributed by atoms with Crippen LogP contribution in [0, 0.1) is 13.8 Å². The molecule has 0 radical (unpaired) electrons. The minimum atomic E-state index is -0.320. The van der Waals surface area contributed by atoms with Crippen LogP contribution in [0.5, 0.6) is 11.5 Å². The van der Waals surface area contributed by atoms with E-state index in [2.05, 4.69) is 15.5 Å². The normalized spacial score (nSPS) is 11.8. The summed E-state index contributed by atoms with van der Waals surface area (Å²) in [4.78, 5) is 12.4. The summed E-state index contributed by atoms with van der Waals surface area (Å²) in [6.45, 7) is 8.50. The van der Waals surface area contributed by atoms with Gasteiger partial charge in [-0.1, -0.05) is 35.5 Å². The number of hydrogen-bond acceptors (Lipinski definition) is 6. The molecule has 32 heavy (non-hydrogen) atoms. The lowest BCUT2D eigenvalue weighted by Gasteiger charge is -2.17. The molecular weight excluding hydrogens is 448 g/mol. The van der Waals surface area contributed by atoms with Crippen molar-refractivity contribution in [3.63, 3.8) is 0 Å². The van der Waals surface area contributed by atoms with E-state index >= 15 is 0 Å². The Labute approximate surface area is 197 Å². The third kappa shape index (κ3) is 5.55. The summed E-state index contributed by atoms with van der Waals surface area (Å²) in [6.07, 6.45) is -0.320. The van der Waals surface area contributed by atoms with Gasteiger partial charge in [0.1, 0.15) is 11.5 Å². The first-order chi connectivity index (χ1) is 15.3. The molecule has 3 rings (SSSR count). The Hall–Kier alpha value is -2.71. The number of halogens is 1. The van der Waals surface area contributed by atoms with Crippen LogP contribution in [0.3, 0.4) is 0 Å². The van der Waals surface area contributed by atoms with Gasteiger partial charge in [-0.05, 0) is 63.1 Å².